The monoisotopic (exact) mass is 499 g/mol. The highest BCUT2D eigenvalue weighted by atomic mass is 16.5. The zero-order chi connectivity index (χ0) is 25.6. The number of ether oxygens (including phenoxy) is 2. The number of tetrazole rings is 1. The van der Waals surface area contributed by atoms with Crippen LogP contribution < -0.4 is 14.4 Å². The summed E-state index contributed by atoms with van der Waals surface area (Å²) in [6, 6.07) is 12.9. The molecule has 4 aromatic rings. The first kappa shape index (κ1) is 23.9. The van der Waals surface area contributed by atoms with Crippen LogP contribution in [0.2, 0.25) is 0 Å². The summed E-state index contributed by atoms with van der Waals surface area (Å²) in [5, 5.41) is 21.3. The number of piperazine rings is 1. The maximum atomic E-state index is 12.8. The van der Waals surface area contributed by atoms with Crippen LogP contribution in [-0.4, -0.2) is 80.9 Å². The van der Waals surface area contributed by atoms with Crippen molar-refractivity contribution in [1.82, 2.24) is 35.1 Å². The number of hydrogen-bond acceptors (Lipinski definition) is 10. The Kier molecular flexibility index (Phi) is 7.02. The van der Waals surface area contributed by atoms with E-state index in [9.17, 15) is 4.79 Å². The molecule has 0 spiro atoms. The number of carbonyl (C=O) groups is 1. The van der Waals surface area contributed by atoms with E-state index in [1.54, 1.807) is 19.2 Å². The Morgan fingerprint density at radius 3 is 2.57 bits per heavy atom. The molecular weight excluding hydrogens is 474 g/mol. The zero-order valence-corrected chi connectivity index (χ0v) is 20.3. The number of benzene rings is 2. The minimum atomic E-state index is 0.0708. The first-order valence-electron chi connectivity index (χ1n) is 11.8. The van der Waals surface area contributed by atoms with Crippen LogP contribution in [0.3, 0.4) is 0 Å². The molecule has 2 aromatic heterocycles. The summed E-state index contributed by atoms with van der Waals surface area (Å²) in [5.41, 5.74) is 2.22. The van der Waals surface area contributed by atoms with Crippen LogP contribution in [-0.2, 0) is 17.8 Å². The molecule has 1 aliphatic rings. The quantitative estimate of drug-likeness (QED) is 0.351. The fourth-order valence-corrected chi connectivity index (χ4v) is 4.25. The van der Waals surface area contributed by atoms with Crippen molar-refractivity contribution in [2.45, 2.75) is 13.0 Å². The summed E-state index contributed by atoms with van der Waals surface area (Å²) in [6.07, 6.45) is 3.23. The van der Waals surface area contributed by atoms with Gasteiger partial charge in [0.05, 0.1) is 37.2 Å². The molecule has 1 aliphatic heterocycles. The summed E-state index contributed by atoms with van der Waals surface area (Å²) >= 11 is 0. The van der Waals surface area contributed by atoms with Crippen molar-refractivity contribution in [1.29, 1.82) is 5.26 Å². The van der Waals surface area contributed by atoms with Crippen LogP contribution in [0.4, 0.5) is 5.82 Å². The molecule has 0 unspecified atom stereocenters. The topological polar surface area (TPSA) is 135 Å². The van der Waals surface area contributed by atoms with Gasteiger partial charge in [-0.25, -0.2) is 9.97 Å². The number of nitrogens with zero attached hydrogens (tertiary/aromatic N) is 9. The molecule has 5 rings (SSSR count). The van der Waals surface area contributed by atoms with E-state index < -0.39 is 0 Å². The van der Waals surface area contributed by atoms with Crippen molar-refractivity contribution >= 4 is 22.6 Å². The van der Waals surface area contributed by atoms with Crippen molar-refractivity contribution in [2.75, 3.05) is 44.8 Å². The first-order valence-corrected chi connectivity index (χ1v) is 11.8. The highest BCUT2D eigenvalue weighted by molar-refractivity contribution is 5.92. The molecule has 0 aliphatic carbocycles. The minimum Gasteiger partial charge on any atom is -0.493 e. The smallest absolute Gasteiger partial charge is 0.227 e. The molecule has 1 saturated heterocycles. The Morgan fingerprint density at radius 1 is 1.05 bits per heavy atom. The molecular formula is C25H25N9O3. The van der Waals surface area contributed by atoms with Gasteiger partial charge >= 0.3 is 0 Å². The largest absolute Gasteiger partial charge is 0.493 e. The number of fused-ring (bicyclic) bond motifs is 1. The predicted octanol–water partition coefficient (Wildman–Crippen LogP) is 1.47. The van der Waals surface area contributed by atoms with Crippen molar-refractivity contribution in [2.24, 2.45) is 0 Å². The SMILES string of the molecule is COc1cc2c(N3CCN(C(=O)Cc4ccc(C#N)cc4)CC3)ncnc2cc1OCCn1ncnn1. The summed E-state index contributed by atoms with van der Waals surface area (Å²) < 4.78 is 11.5. The molecule has 12 nitrogen and oxygen atoms in total. The lowest BCUT2D eigenvalue weighted by Crippen LogP contribution is -2.49. The number of carbonyl (C=O) groups excluding carboxylic acids is 1. The van der Waals surface area contributed by atoms with Gasteiger partial charge in [0, 0.05) is 37.6 Å². The van der Waals surface area contributed by atoms with Gasteiger partial charge < -0.3 is 19.3 Å². The lowest BCUT2D eigenvalue weighted by atomic mass is 10.1. The molecule has 37 heavy (non-hydrogen) atoms. The second-order valence-electron chi connectivity index (χ2n) is 8.45. The minimum absolute atomic E-state index is 0.0708. The average Bonchev–Trinajstić information content (AvgIpc) is 3.46. The van der Waals surface area contributed by atoms with Crippen LogP contribution in [0.25, 0.3) is 10.9 Å². The van der Waals surface area contributed by atoms with E-state index >= 15 is 0 Å². The third-order valence-corrected chi connectivity index (χ3v) is 6.21. The number of rotatable bonds is 8. The van der Waals surface area contributed by atoms with Crippen LogP contribution in [0.1, 0.15) is 11.1 Å². The Labute approximate surface area is 213 Å². The first-order chi connectivity index (χ1) is 18.1. The van der Waals surface area contributed by atoms with Gasteiger partial charge in [0.15, 0.2) is 17.8 Å². The lowest BCUT2D eigenvalue weighted by molar-refractivity contribution is -0.130. The molecule has 12 heteroatoms. The standard InChI is InChI=1S/C25H25N9O3/c1-36-22-13-20-21(14-23(22)37-11-10-34-30-17-29-31-34)27-16-28-25(20)33-8-6-32(7-9-33)24(35)12-18-2-4-19(15-26)5-3-18/h2-5,13-14,16-17H,6-12H2,1H3. The molecule has 0 saturated carbocycles. The fourth-order valence-electron chi connectivity index (χ4n) is 4.25. The van der Waals surface area contributed by atoms with Gasteiger partial charge in [-0.1, -0.05) is 12.1 Å². The molecule has 1 amide bonds. The van der Waals surface area contributed by atoms with E-state index in [-0.39, 0.29) is 5.91 Å². The summed E-state index contributed by atoms with van der Waals surface area (Å²) in [7, 11) is 1.59. The second-order valence-corrected chi connectivity index (χ2v) is 8.45. The summed E-state index contributed by atoms with van der Waals surface area (Å²) in [6.45, 7) is 3.27. The van der Waals surface area contributed by atoms with E-state index in [0.717, 1.165) is 22.3 Å². The Morgan fingerprint density at radius 2 is 1.86 bits per heavy atom. The van der Waals surface area contributed by atoms with Crippen LogP contribution in [0.5, 0.6) is 11.5 Å². The molecule has 0 atom stereocenters. The van der Waals surface area contributed by atoms with Crippen LogP contribution >= 0.6 is 0 Å². The fraction of sp³-hybridized carbons (Fsp3) is 0.320. The van der Waals surface area contributed by atoms with Crippen LogP contribution in [0.15, 0.2) is 49.1 Å². The number of anilines is 1. The molecule has 0 N–H and O–H groups in total. The molecule has 2 aromatic carbocycles. The number of nitriles is 1. The van der Waals surface area contributed by atoms with Gasteiger partial charge in [-0.15, -0.1) is 10.2 Å². The maximum absolute atomic E-state index is 12.8. The molecule has 0 bridgehead atoms. The predicted molar refractivity (Wildman–Crippen MR) is 133 cm³/mol. The van der Waals surface area contributed by atoms with Crippen molar-refractivity contribution in [3.8, 4) is 17.6 Å². The van der Waals surface area contributed by atoms with E-state index in [1.165, 1.54) is 17.5 Å². The molecule has 1 fully saturated rings. The third kappa shape index (κ3) is 5.40. The molecule has 0 radical (unpaired) electrons. The van der Waals surface area contributed by atoms with E-state index in [0.29, 0.717) is 62.8 Å². The number of methoxy groups -OCH3 is 1. The van der Waals surface area contributed by atoms with E-state index in [1.807, 2.05) is 29.2 Å². The Hall–Kier alpha value is -4.79. The number of amides is 1. The van der Waals surface area contributed by atoms with Crippen molar-refractivity contribution < 1.29 is 14.3 Å². The van der Waals surface area contributed by atoms with Gasteiger partial charge in [0.2, 0.25) is 5.91 Å². The highest BCUT2D eigenvalue weighted by Crippen LogP contribution is 2.35. The summed E-state index contributed by atoms with van der Waals surface area (Å²) in [4.78, 5) is 27.3. The second kappa shape index (κ2) is 10.9. The van der Waals surface area contributed by atoms with Gasteiger partial charge in [-0.3, -0.25) is 4.79 Å². The van der Waals surface area contributed by atoms with Crippen LogP contribution in [0, 0.1) is 11.3 Å². The zero-order valence-electron chi connectivity index (χ0n) is 20.3. The van der Waals surface area contributed by atoms with Gasteiger partial charge in [0.25, 0.3) is 0 Å². The average molecular weight is 500 g/mol. The van der Waals surface area contributed by atoms with Crippen molar-refractivity contribution in [3.63, 3.8) is 0 Å². The van der Waals surface area contributed by atoms with Crippen molar-refractivity contribution in [3.05, 3.63) is 60.2 Å². The molecule has 188 valence electrons. The van der Waals surface area contributed by atoms with E-state index in [4.69, 9.17) is 14.7 Å². The third-order valence-electron chi connectivity index (χ3n) is 6.21. The molecule has 3 heterocycles. The van der Waals surface area contributed by atoms with Gasteiger partial charge in [0.1, 0.15) is 18.8 Å². The Balaban J connectivity index is 1.25. The summed E-state index contributed by atoms with van der Waals surface area (Å²) in [5.74, 6) is 2.01. The number of hydrogen-bond donors (Lipinski definition) is 0. The van der Waals surface area contributed by atoms with E-state index in [2.05, 4.69) is 36.3 Å². The maximum Gasteiger partial charge on any atom is 0.227 e. The van der Waals surface area contributed by atoms with Gasteiger partial charge in [-0.2, -0.15) is 10.1 Å². The normalized spacial score (nSPS) is 13.4. The Bertz CT molecular complexity index is 1410. The number of aromatic nitrogens is 6. The van der Waals surface area contributed by atoms with Gasteiger partial charge in [-0.05, 0) is 29.0 Å². The highest BCUT2D eigenvalue weighted by Gasteiger charge is 2.24. The lowest BCUT2D eigenvalue weighted by Gasteiger charge is -2.36.